The number of benzene rings is 4. The number of hydrogen-bond acceptors (Lipinski definition) is 7. The van der Waals surface area contributed by atoms with Crippen LogP contribution in [0.5, 0.6) is 5.75 Å². The van der Waals surface area contributed by atoms with E-state index in [4.69, 9.17) is 20.8 Å². The molecule has 2 N–H and O–H groups in total. The zero-order valence-corrected chi connectivity index (χ0v) is 38.1. The maximum atomic E-state index is 13.6. The molecule has 0 fully saturated rings. The van der Waals surface area contributed by atoms with Gasteiger partial charge in [0.2, 0.25) is 17.2 Å². The van der Waals surface area contributed by atoms with E-state index in [9.17, 15) is 19.6 Å². The summed E-state index contributed by atoms with van der Waals surface area (Å²) in [7, 11) is 1.59. The molecule has 0 saturated carbocycles. The zero-order chi connectivity index (χ0) is 44.9. The van der Waals surface area contributed by atoms with Crippen LogP contribution in [0.2, 0.25) is 5.02 Å². The van der Waals surface area contributed by atoms with Gasteiger partial charge in [-0.05, 0) is 126 Å². The minimum absolute atomic E-state index is 0.0810. The van der Waals surface area contributed by atoms with Crippen molar-refractivity contribution in [3.05, 3.63) is 112 Å². The average Bonchev–Trinajstić information content (AvgIpc) is 3.56. The summed E-state index contributed by atoms with van der Waals surface area (Å²) >= 11 is 6.06. The molecule has 0 bridgehead atoms. The van der Waals surface area contributed by atoms with Crippen molar-refractivity contribution in [2.45, 2.75) is 85.5 Å². The summed E-state index contributed by atoms with van der Waals surface area (Å²) in [6, 6.07) is 27.0. The average molecular weight is 873 g/mol. The van der Waals surface area contributed by atoms with Gasteiger partial charge >= 0.3 is 0 Å². The molecule has 1 aliphatic heterocycles. The van der Waals surface area contributed by atoms with Gasteiger partial charge < -0.3 is 24.7 Å². The van der Waals surface area contributed by atoms with Crippen LogP contribution in [0.15, 0.2) is 83.3 Å². The summed E-state index contributed by atoms with van der Waals surface area (Å²) in [6.45, 7) is 12.9. The Labute approximate surface area is 375 Å². The minimum Gasteiger partial charge on any atom is -0.497 e. The number of nitriles is 1. The number of halogens is 1. The molecule has 63 heavy (non-hydrogen) atoms. The summed E-state index contributed by atoms with van der Waals surface area (Å²) in [5.74, 6) is 1.15. The van der Waals surface area contributed by atoms with Crippen molar-refractivity contribution >= 4 is 56.9 Å². The number of unbranched alkanes of at least 4 members (excludes halogenated alkanes) is 5. The van der Waals surface area contributed by atoms with E-state index in [1.807, 2.05) is 43.3 Å². The summed E-state index contributed by atoms with van der Waals surface area (Å²) in [4.78, 5) is 41.6. The number of nitrogens with one attached hydrogen (secondary N) is 2. The molecule has 0 atom stereocenters. The van der Waals surface area contributed by atoms with E-state index in [1.54, 1.807) is 35.9 Å². The Morgan fingerprint density at radius 2 is 1.54 bits per heavy atom. The lowest BCUT2D eigenvalue weighted by Crippen LogP contribution is -2.29. The van der Waals surface area contributed by atoms with Gasteiger partial charge in [-0.3, -0.25) is 19.0 Å². The van der Waals surface area contributed by atoms with Crippen LogP contribution in [0.4, 0.5) is 5.69 Å². The molecule has 0 saturated heterocycles. The number of carbonyl (C=O) groups is 3. The van der Waals surface area contributed by atoms with Gasteiger partial charge in [-0.25, -0.2) is 4.58 Å². The number of methoxy groups -OCH3 is 1. The van der Waals surface area contributed by atoms with Crippen molar-refractivity contribution in [3.8, 4) is 23.1 Å². The molecule has 3 aromatic carbocycles. The van der Waals surface area contributed by atoms with Crippen molar-refractivity contribution < 1.29 is 23.5 Å². The van der Waals surface area contributed by atoms with Gasteiger partial charge in [0, 0.05) is 77.0 Å². The number of fused-ring (bicyclic) bond motifs is 3. The van der Waals surface area contributed by atoms with Crippen LogP contribution >= 0.6 is 11.6 Å². The first-order valence-electron chi connectivity index (χ1n) is 22.4. The monoisotopic (exact) mass is 871 g/mol. The fourth-order valence-electron chi connectivity index (χ4n) is 8.37. The predicted molar refractivity (Wildman–Crippen MR) is 253 cm³/mol. The van der Waals surface area contributed by atoms with Crippen LogP contribution in [0, 0.1) is 18.3 Å². The van der Waals surface area contributed by atoms with Gasteiger partial charge in [-0.15, -0.1) is 0 Å². The Morgan fingerprint density at radius 1 is 0.825 bits per heavy atom. The Kier molecular flexibility index (Phi) is 16.4. The number of rotatable bonds is 21. The van der Waals surface area contributed by atoms with E-state index >= 15 is 0 Å². The lowest BCUT2D eigenvalue weighted by Gasteiger charge is -2.24. The lowest BCUT2D eigenvalue weighted by atomic mass is 10.00. The number of amides is 2. The molecule has 2 aliphatic rings. The number of hydrogen-bond donors (Lipinski definition) is 2. The third kappa shape index (κ3) is 11.3. The van der Waals surface area contributed by atoms with Crippen molar-refractivity contribution in [1.82, 2.24) is 19.8 Å². The highest BCUT2D eigenvalue weighted by atomic mass is 35.5. The predicted octanol–water partition coefficient (Wildman–Crippen LogP) is 9.26. The van der Waals surface area contributed by atoms with E-state index in [-0.39, 0.29) is 24.1 Å². The Balaban J connectivity index is 0.884. The van der Waals surface area contributed by atoms with E-state index in [1.165, 1.54) is 0 Å². The highest BCUT2D eigenvalue weighted by Crippen LogP contribution is 2.35. The van der Waals surface area contributed by atoms with Gasteiger partial charge in [0.25, 0.3) is 5.91 Å². The molecule has 4 aromatic rings. The molecule has 2 heterocycles. The fourth-order valence-corrected chi connectivity index (χ4v) is 8.50. The normalized spacial score (nSPS) is 11.2. The maximum absolute atomic E-state index is 13.6. The van der Waals surface area contributed by atoms with Crippen LogP contribution in [0.3, 0.4) is 0 Å². The Hall–Kier alpha value is -6.12. The smallest absolute Gasteiger partial charge is 0.262 e. The van der Waals surface area contributed by atoms with Crippen LogP contribution in [0.1, 0.15) is 99.3 Å². The quantitative estimate of drug-likeness (QED) is 0.0419. The molecule has 330 valence electrons. The van der Waals surface area contributed by atoms with Crippen LogP contribution < -0.4 is 30.2 Å². The second-order valence-corrected chi connectivity index (χ2v) is 16.3. The largest absolute Gasteiger partial charge is 0.497 e. The SMILES string of the molecule is CCN(CCCCCC(=O)NCCCCCCNC(=O)Cc1c(C)n(C(=O)c2ccc(Cl)cc2)c2ccc(OC)cc12)c1ccc2oc3cc(=[N+](CC)CC)ccc-3c(C#N)c2c1. The molecule has 1 aromatic heterocycles. The Morgan fingerprint density at radius 3 is 2.22 bits per heavy atom. The van der Waals surface area contributed by atoms with Gasteiger partial charge in [0.1, 0.15) is 36.3 Å². The van der Waals surface area contributed by atoms with Crippen molar-refractivity contribution in [1.29, 1.82) is 5.26 Å². The first-order chi connectivity index (χ1) is 30.6. The number of nitrogens with zero attached hydrogens (tertiary/aromatic N) is 4. The number of aromatic nitrogens is 1. The molecule has 2 amide bonds. The molecule has 12 heteroatoms. The van der Waals surface area contributed by atoms with E-state index < -0.39 is 0 Å². The number of carbonyl (C=O) groups excluding carboxylic acids is 3. The van der Waals surface area contributed by atoms with Gasteiger partial charge in [-0.2, -0.15) is 5.26 Å². The number of ether oxygens (including phenoxy) is 1. The van der Waals surface area contributed by atoms with Crippen LogP contribution in [-0.4, -0.2) is 68.7 Å². The highest BCUT2D eigenvalue weighted by Gasteiger charge is 2.23. The third-order valence-electron chi connectivity index (χ3n) is 11.9. The zero-order valence-electron chi connectivity index (χ0n) is 37.3. The summed E-state index contributed by atoms with van der Waals surface area (Å²) < 4.78 is 15.7. The lowest BCUT2D eigenvalue weighted by molar-refractivity contribution is -0.121. The summed E-state index contributed by atoms with van der Waals surface area (Å²) in [5.41, 5.74) is 5.91. The van der Waals surface area contributed by atoms with E-state index in [0.29, 0.717) is 64.0 Å². The van der Waals surface area contributed by atoms with Crippen LogP contribution in [-0.2, 0) is 16.0 Å². The molecule has 0 unspecified atom stereocenters. The van der Waals surface area contributed by atoms with Crippen molar-refractivity contribution in [3.63, 3.8) is 0 Å². The molecule has 0 spiro atoms. The molecule has 1 aliphatic carbocycles. The molecule has 11 nitrogen and oxygen atoms in total. The van der Waals surface area contributed by atoms with Crippen LogP contribution in [0.25, 0.3) is 33.2 Å². The third-order valence-corrected chi connectivity index (χ3v) is 12.2. The Bertz CT molecular complexity index is 2630. The maximum Gasteiger partial charge on any atom is 0.262 e. The molecule has 0 radical (unpaired) electrons. The number of anilines is 1. The van der Waals surface area contributed by atoms with Gasteiger partial charge in [0.15, 0.2) is 0 Å². The summed E-state index contributed by atoms with van der Waals surface area (Å²) in [6.07, 6.45) is 6.98. The summed E-state index contributed by atoms with van der Waals surface area (Å²) in [5, 5.41) is 19.6. The minimum atomic E-state index is -0.191. The second-order valence-electron chi connectivity index (χ2n) is 15.9. The van der Waals surface area contributed by atoms with E-state index in [0.717, 1.165) is 104 Å². The molecule has 6 rings (SSSR count). The standard InChI is InChI=1S/C51H59ClN6O5/c1-6-56(7-2)39-21-24-41-45(34-53)44-30-38(22-26-47(44)63-48(41)31-39)57(8-3)29-15-11-12-16-49(59)54-27-13-9-10-14-28-55-50(60)33-42-35(4)58(46-25-23-40(62-5)32-43(42)46)51(61)36-17-19-37(52)20-18-36/h17-26,30-32H,6-16,27-29,33H2,1-5H3,(H-,54,55,59,60)/p+1. The second kappa shape index (κ2) is 22.3. The van der Waals surface area contributed by atoms with Crippen molar-refractivity contribution in [2.75, 3.05) is 51.3 Å². The highest BCUT2D eigenvalue weighted by molar-refractivity contribution is 6.30. The fraction of sp³-hybridized carbons (Fsp3) is 0.392. The topological polar surface area (TPSA) is 133 Å². The van der Waals surface area contributed by atoms with Crippen molar-refractivity contribution in [2.24, 2.45) is 0 Å². The first kappa shape index (κ1) is 46.4. The van der Waals surface area contributed by atoms with Gasteiger partial charge in [-0.1, -0.05) is 30.9 Å². The molecular formula is C51H60ClN6O5+. The first-order valence-corrected chi connectivity index (χ1v) is 22.7. The molecular weight excluding hydrogens is 812 g/mol. The van der Waals surface area contributed by atoms with E-state index in [2.05, 4.69) is 65.1 Å². The van der Waals surface area contributed by atoms with Gasteiger partial charge in [0.05, 0.1) is 30.7 Å².